The number of halogens is 2. The fourth-order valence-corrected chi connectivity index (χ4v) is 4.10. The van der Waals surface area contributed by atoms with Gasteiger partial charge in [0, 0.05) is 22.3 Å². The first-order valence-electron chi connectivity index (χ1n) is 11.1. The van der Waals surface area contributed by atoms with E-state index in [-0.39, 0.29) is 10.7 Å². The SMILES string of the molecule is COc1ccc(N2C(=O)C(Cl)=C(Nc3cc(C(=O)Nc4cc(C)c(Cl)cc4OC)ccc3C)C2=O)cc1. The van der Waals surface area contributed by atoms with E-state index in [1.807, 2.05) is 6.92 Å². The van der Waals surface area contributed by atoms with Crippen LogP contribution < -0.4 is 25.0 Å². The van der Waals surface area contributed by atoms with Crippen molar-refractivity contribution in [3.63, 3.8) is 0 Å². The molecule has 0 unspecified atom stereocenters. The predicted molar refractivity (Wildman–Crippen MR) is 144 cm³/mol. The molecule has 37 heavy (non-hydrogen) atoms. The second-order valence-electron chi connectivity index (χ2n) is 8.24. The van der Waals surface area contributed by atoms with E-state index in [2.05, 4.69) is 10.6 Å². The van der Waals surface area contributed by atoms with Gasteiger partial charge in [0.1, 0.15) is 22.2 Å². The zero-order valence-corrected chi connectivity index (χ0v) is 22.0. The molecule has 2 N–H and O–H groups in total. The maximum atomic E-state index is 13.2. The molecule has 0 fully saturated rings. The first-order valence-corrected chi connectivity index (χ1v) is 11.9. The van der Waals surface area contributed by atoms with Gasteiger partial charge in [-0.15, -0.1) is 0 Å². The van der Waals surface area contributed by atoms with E-state index < -0.39 is 17.7 Å². The third-order valence-corrected chi connectivity index (χ3v) is 6.60. The van der Waals surface area contributed by atoms with Gasteiger partial charge in [0.15, 0.2) is 0 Å². The number of imide groups is 1. The van der Waals surface area contributed by atoms with Gasteiger partial charge in [-0.1, -0.05) is 29.3 Å². The summed E-state index contributed by atoms with van der Waals surface area (Å²) >= 11 is 12.4. The highest BCUT2D eigenvalue weighted by atomic mass is 35.5. The maximum absolute atomic E-state index is 13.2. The number of ether oxygens (including phenoxy) is 2. The number of methoxy groups -OCH3 is 2. The molecule has 3 amide bonds. The van der Waals surface area contributed by atoms with Crippen LogP contribution in [0.15, 0.2) is 65.3 Å². The number of hydrogen-bond acceptors (Lipinski definition) is 6. The molecule has 0 saturated carbocycles. The van der Waals surface area contributed by atoms with Crippen molar-refractivity contribution in [3.05, 3.63) is 87.0 Å². The zero-order chi connectivity index (χ0) is 26.9. The van der Waals surface area contributed by atoms with E-state index in [0.29, 0.717) is 39.1 Å². The van der Waals surface area contributed by atoms with Crippen LogP contribution >= 0.6 is 23.2 Å². The standard InChI is InChI=1S/C27H23Cl2N3O5/c1-14-5-6-16(25(33)31-21-11-15(2)19(28)13-22(21)37-4)12-20(14)30-24-23(29)26(34)32(27(24)35)17-7-9-18(36-3)10-8-17/h5-13,30H,1-4H3,(H,31,33). The Morgan fingerprint density at radius 2 is 1.54 bits per heavy atom. The van der Waals surface area contributed by atoms with Gasteiger partial charge in [-0.05, 0) is 67.4 Å². The Morgan fingerprint density at radius 1 is 0.838 bits per heavy atom. The van der Waals surface area contributed by atoms with Gasteiger partial charge in [-0.25, -0.2) is 4.90 Å². The molecule has 0 atom stereocenters. The topological polar surface area (TPSA) is 97.0 Å². The maximum Gasteiger partial charge on any atom is 0.283 e. The van der Waals surface area contributed by atoms with E-state index in [1.54, 1.807) is 61.5 Å². The van der Waals surface area contributed by atoms with Crippen LogP contribution in [0.4, 0.5) is 17.1 Å². The van der Waals surface area contributed by atoms with E-state index in [1.165, 1.54) is 14.2 Å². The van der Waals surface area contributed by atoms with Crippen LogP contribution in [0.2, 0.25) is 5.02 Å². The van der Waals surface area contributed by atoms with Crippen LogP contribution in [-0.2, 0) is 9.59 Å². The highest BCUT2D eigenvalue weighted by Crippen LogP contribution is 2.33. The third kappa shape index (κ3) is 5.12. The molecule has 10 heteroatoms. The second kappa shape index (κ2) is 10.5. The van der Waals surface area contributed by atoms with E-state index in [4.69, 9.17) is 32.7 Å². The molecule has 0 aliphatic carbocycles. The fraction of sp³-hybridized carbons (Fsp3) is 0.148. The first-order chi connectivity index (χ1) is 17.6. The van der Waals surface area contributed by atoms with Crippen molar-refractivity contribution in [2.24, 2.45) is 0 Å². The Kier molecular flexibility index (Phi) is 7.42. The lowest BCUT2D eigenvalue weighted by Gasteiger charge is -2.16. The predicted octanol–water partition coefficient (Wildman–Crippen LogP) is 5.66. The van der Waals surface area contributed by atoms with Crippen molar-refractivity contribution < 1.29 is 23.9 Å². The highest BCUT2D eigenvalue weighted by molar-refractivity contribution is 6.53. The van der Waals surface area contributed by atoms with Crippen LogP contribution in [0.1, 0.15) is 21.5 Å². The lowest BCUT2D eigenvalue weighted by Crippen LogP contribution is -2.32. The Labute approximate surface area is 223 Å². The monoisotopic (exact) mass is 539 g/mol. The Morgan fingerprint density at radius 3 is 2.19 bits per heavy atom. The minimum absolute atomic E-state index is 0.0851. The zero-order valence-electron chi connectivity index (χ0n) is 20.4. The van der Waals surface area contributed by atoms with Gasteiger partial charge in [-0.3, -0.25) is 14.4 Å². The molecule has 4 rings (SSSR count). The summed E-state index contributed by atoms with van der Waals surface area (Å²) < 4.78 is 10.5. The number of benzene rings is 3. The minimum atomic E-state index is -0.656. The molecule has 1 heterocycles. The molecule has 0 radical (unpaired) electrons. The molecule has 3 aromatic rings. The van der Waals surface area contributed by atoms with Gasteiger partial charge in [0.05, 0.1) is 25.6 Å². The largest absolute Gasteiger partial charge is 0.497 e. The Bertz CT molecular complexity index is 1450. The van der Waals surface area contributed by atoms with Gasteiger partial charge < -0.3 is 20.1 Å². The number of hydrogen-bond donors (Lipinski definition) is 2. The third-order valence-electron chi connectivity index (χ3n) is 5.85. The van der Waals surface area contributed by atoms with Crippen molar-refractivity contribution in [1.29, 1.82) is 0 Å². The molecule has 0 spiro atoms. The molecular formula is C27H23Cl2N3O5. The summed E-state index contributed by atoms with van der Waals surface area (Å²) in [5.41, 5.74) is 2.98. The van der Waals surface area contributed by atoms with Crippen LogP contribution in [0, 0.1) is 13.8 Å². The highest BCUT2D eigenvalue weighted by Gasteiger charge is 2.39. The molecule has 1 aliphatic heterocycles. The smallest absolute Gasteiger partial charge is 0.283 e. The number of carbonyl (C=O) groups is 3. The molecule has 0 aromatic heterocycles. The van der Waals surface area contributed by atoms with Crippen molar-refractivity contribution in [1.82, 2.24) is 0 Å². The first kappa shape index (κ1) is 26.1. The van der Waals surface area contributed by atoms with Crippen molar-refractivity contribution in [3.8, 4) is 11.5 Å². The molecule has 8 nitrogen and oxygen atoms in total. The molecule has 0 saturated heterocycles. The molecule has 3 aromatic carbocycles. The summed E-state index contributed by atoms with van der Waals surface area (Å²) in [6.45, 7) is 3.62. The Balaban J connectivity index is 1.58. The Hall–Kier alpha value is -4.01. The second-order valence-corrected chi connectivity index (χ2v) is 9.03. The summed E-state index contributed by atoms with van der Waals surface area (Å²) in [4.78, 5) is 40.0. The fourth-order valence-electron chi connectivity index (χ4n) is 3.73. The molecule has 190 valence electrons. The normalized spacial score (nSPS) is 13.2. The van der Waals surface area contributed by atoms with Crippen molar-refractivity contribution in [2.45, 2.75) is 13.8 Å². The van der Waals surface area contributed by atoms with Gasteiger partial charge in [0.25, 0.3) is 17.7 Å². The summed E-state index contributed by atoms with van der Waals surface area (Å²) in [6.07, 6.45) is 0. The van der Waals surface area contributed by atoms with Gasteiger partial charge in [0.2, 0.25) is 0 Å². The van der Waals surface area contributed by atoms with Crippen LogP contribution in [-0.4, -0.2) is 31.9 Å². The van der Waals surface area contributed by atoms with Crippen LogP contribution in [0.3, 0.4) is 0 Å². The number of carbonyl (C=O) groups excluding carboxylic acids is 3. The molecule has 0 bridgehead atoms. The quantitative estimate of drug-likeness (QED) is 0.376. The summed E-state index contributed by atoms with van der Waals surface area (Å²) in [6, 6.07) is 14.7. The number of rotatable bonds is 7. The average molecular weight is 540 g/mol. The average Bonchev–Trinajstić information content (AvgIpc) is 3.10. The van der Waals surface area contributed by atoms with Gasteiger partial charge in [-0.2, -0.15) is 0 Å². The number of aryl methyl sites for hydroxylation is 2. The number of amides is 3. The number of anilines is 3. The number of nitrogens with zero attached hydrogens (tertiary/aromatic N) is 1. The van der Waals surface area contributed by atoms with Crippen molar-refractivity contribution >= 4 is 58.0 Å². The summed E-state index contributed by atoms with van der Waals surface area (Å²) in [7, 11) is 3.00. The molecule has 1 aliphatic rings. The summed E-state index contributed by atoms with van der Waals surface area (Å²) in [5.74, 6) is -0.680. The number of nitrogens with one attached hydrogen (secondary N) is 2. The van der Waals surface area contributed by atoms with Gasteiger partial charge >= 0.3 is 0 Å². The molecular weight excluding hydrogens is 517 g/mol. The minimum Gasteiger partial charge on any atom is -0.497 e. The van der Waals surface area contributed by atoms with Crippen LogP contribution in [0.5, 0.6) is 11.5 Å². The van der Waals surface area contributed by atoms with E-state index in [0.717, 1.165) is 16.0 Å². The lowest BCUT2D eigenvalue weighted by atomic mass is 10.1. The lowest BCUT2D eigenvalue weighted by molar-refractivity contribution is -0.120. The summed E-state index contributed by atoms with van der Waals surface area (Å²) in [5, 5.41) is 6.03. The van der Waals surface area contributed by atoms with E-state index >= 15 is 0 Å². The van der Waals surface area contributed by atoms with Crippen LogP contribution in [0.25, 0.3) is 0 Å². The van der Waals surface area contributed by atoms with E-state index in [9.17, 15) is 14.4 Å². The van der Waals surface area contributed by atoms with Crippen molar-refractivity contribution in [2.75, 3.05) is 29.8 Å².